The highest BCUT2D eigenvalue weighted by Crippen LogP contribution is 2.30. The van der Waals surface area contributed by atoms with Gasteiger partial charge in [0.2, 0.25) is 0 Å². The fraction of sp³-hybridized carbons (Fsp3) is 0.235. The molecule has 1 heterocycles. The zero-order valence-electron chi connectivity index (χ0n) is 12.1. The van der Waals surface area contributed by atoms with Crippen LogP contribution in [0, 0.1) is 0 Å². The lowest BCUT2D eigenvalue weighted by Crippen LogP contribution is -2.40. The third-order valence-corrected chi connectivity index (χ3v) is 4.73. The van der Waals surface area contributed by atoms with Crippen LogP contribution in [0.5, 0.6) is 0 Å². The van der Waals surface area contributed by atoms with E-state index in [0.29, 0.717) is 11.3 Å². The van der Waals surface area contributed by atoms with Gasteiger partial charge in [-0.1, -0.05) is 36.4 Å². The smallest absolute Gasteiger partial charge is 0.254 e. The van der Waals surface area contributed by atoms with Crippen molar-refractivity contribution in [2.24, 2.45) is 0 Å². The lowest BCUT2D eigenvalue weighted by atomic mass is 10.0. The molecular weight excluding hydrogens is 316 g/mol. The molecule has 2 aromatic carbocycles. The molecular formula is C17H19ClN2OS. The van der Waals surface area contributed by atoms with Crippen LogP contribution in [0.1, 0.15) is 22.0 Å². The predicted molar refractivity (Wildman–Crippen MR) is 95.6 cm³/mol. The number of nitrogen functional groups attached to an aromatic ring is 1. The summed E-state index contributed by atoms with van der Waals surface area (Å²) in [5.41, 5.74) is 8.29. The summed E-state index contributed by atoms with van der Waals surface area (Å²) in [4.78, 5) is 14.8. The molecule has 0 spiro atoms. The summed E-state index contributed by atoms with van der Waals surface area (Å²) in [6.07, 6.45) is 0. The van der Waals surface area contributed by atoms with Gasteiger partial charge in [-0.25, -0.2) is 0 Å². The van der Waals surface area contributed by atoms with Gasteiger partial charge in [0.1, 0.15) is 0 Å². The number of hydrogen-bond acceptors (Lipinski definition) is 3. The summed E-state index contributed by atoms with van der Waals surface area (Å²) in [6.45, 7) is 0.776. The minimum Gasteiger partial charge on any atom is -0.399 e. The Hall–Kier alpha value is -1.65. The van der Waals surface area contributed by atoms with Crippen LogP contribution in [0.4, 0.5) is 5.69 Å². The Morgan fingerprint density at radius 3 is 2.64 bits per heavy atom. The number of nitrogens with zero attached hydrogens (tertiary/aromatic N) is 1. The minimum absolute atomic E-state index is 0. The molecule has 0 radical (unpaired) electrons. The summed E-state index contributed by atoms with van der Waals surface area (Å²) in [5, 5.41) is 0. The zero-order valence-corrected chi connectivity index (χ0v) is 13.8. The number of benzene rings is 2. The summed E-state index contributed by atoms with van der Waals surface area (Å²) >= 11 is 1.90. The second-order valence-electron chi connectivity index (χ2n) is 5.13. The Bertz CT molecular complexity index is 636. The van der Waals surface area contributed by atoms with Crippen molar-refractivity contribution >= 4 is 35.8 Å². The van der Waals surface area contributed by atoms with Crippen molar-refractivity contribution in [3.8, 4) is 0 Å². The van der Waals surface area contributed by atoms with E-state index in [1.165, 1.54) is 5.56 Å². The highest BCUT2D eigenvalue weighted by molar-refractivity contribution is 7.99. The molecule has 3 rings (SSSR count). The number of nitrogens with two attached hydrogens (primary N) is 1. The van der Waals surface area contributed by atoms with Crippen molar-refractivity contribution in [1.82, 2.24) is 4.90 Å². The number of amides is 1. The molecule has 0 bridgehead atoms. The molecule has 1 fully saturated rings. The maximum Gasteiger partial charge on any atom is 0.254 e. The zero-order chi connectivity index (χ0) is 14.7. The van der Waals surface area contributed by atoms with Gasteiger partial charge in [0, 0.05) is 29.3 Å². The van der Waals surface area contributed by atoms with E-state index in [1.54, 1.807) is 12.1 Å². The van der Waals surface area contributed by atoms with Crippen molar-refractivity contribution in [2.45, 2.75) is 6.04 Å². The van der Waals surface area contributed by atoms with Crippen molar-refractivity contribution in [1.29, 1.82) is 0 Å². The molecule has 0 aromatic heterocycles. The van der Waals surface area contributed by atoms with Crippen molar-refractivity contribution in [2.75, 3.05) is 23.8 Å². The largest absolute Gasteiger partial charge is 0.399 e. The number of carbonyl (C=O) groups is 1. The van der Waals surface area contributed by atoms with Crippen LogP contribution >= 0.6 is 24.2 Å². The molecule has 1 amide bonds. The van der Waals surface area contributed by atoms with E-state index in [0.717, 1.165) is 18.1 Å². The fourth-order valence-corrected chi connectivity index (χ4v) is 3.72. The van der Waals surface area contributed by atoms with Gasteiger partial charge in [0.25, 0.3) is 5.91 Å². The van der Waals surface area contributed by atoms with E-state index in [-0.39, 0.29) is 24.4 Å². The van der Waals surface area contributed by atoms with E-state index in [4.69, 9.17) is 5.73 Å². The first kappa shape index (κ1) is 16.7. The van der Waals surface area contributed by atoms with Crippen LogP contribution in [0.25, 0.3) is 0 Å². The summed E-state index contributed by atoms with van der Waals surface area (Å²) in [5.74, 6) is 1.99. The van der Waals surface area contributed by atoms with E-state index < -0.39 is 0 Å². The monoisotopic (exact) mass is 334 g/mol. The van der Waals surface area contributed by atoms with Gasteiger partial charge in [0.05, 0.1) is 6.04 Å². The fourth-order valence-electron chi connectivity index (χ4n) is 2.64. The van der Waals surface area contributed by atoms with Crippen molar-refractivity contribution in [3.63, 3.8) is 0 Å². The minimum atomic E-state index is 0. The summed E-state index contributed by atoms with van der Waals surface area (Å²) in [6, 6.07) is 17.6. The third kappa shape index (κ3) is 3.57. The van der Waals surface area contributed by atoms with Crippen LogP contribution in [0.3, 0.4) is 0 Å². The average molecular weight is 335 g/mol. The SMILES string of the molecule is Cl.Nc1cccc(C(=O)N2CCSCC2c2ccccc2)c1. The number of thioether (sulfide) groups is 1. The molecule has 2 N–H and O–H groups in total. The quantitative estimate of drug-likeness (QED) is 0.853. The van der Waals surface area contributed by atoms with Gasteiger partial charge in [-0.05, 0) is 23.8 Å². The average Bonchev–Trinajstić information content (AvgIpc) is 2.55. The van der Waals surface area contributed by atoms with Gasteiger partial charge in [-0.2, -0.15) is 11.8 Å². The maximum atomic E-state index is 12.8. The van der Waals surface area contributed by atoms with E-state index in [2.05, 4.69) is 12.1 Å². The molecule has 1 unspecified atom stereocenters. The second kappa shape index (κ2) is 7.56. The standard InChI is InChI=1S/C17H18N2OS.ClH/c18-15-8-4-7-14(11-15)17(20)19-9-10-21-12-16(19)13-5-2-1-3-6-13;/h1-8,11,16H,9-10,12,18H2;1H. The summed E-state index contributed by atoms with van der Waals surface area (Å²) in [7, 11) is 0. The topological polar surface area (TPSA) is 46.3 Å². The van der Waals surface area contributed by atoms with E-state index >= 15 is 0 Å². The molecule has 3 nitrogen and oxygen atoms in total. The molecule has 2 aromatic rings. The Balaban J connectivity index is 0.00000176. The number of carbonyl (C=O) groups excluding carboxylic acids is 1. The van der Waals surface area contributed by atoms with Crippen LogP contribution in [-0.4, -0.2) is 28.9 Å². The molecule has 1 atom stereocenters. The molecule has 1 aliphatic rings. The van der Waals surface area contributed by atoms with Crippen LogP contribution in [-0.2, 0) is 0 Å². The Morgan fingerprint density at radius 1 is 1.14 bits per heavy atom. The molecule has 0 aliphatic carbocycles. The van der Waals surface area contributed by atoms with Gasteiger partial charge in [-0.15, -0.1) is 12.4 Å². The molecule has 1 saturated heterocycles. The highest BCUT2D eigenvalue weighted by Gasteiger charge is 2.28. The Labute approximate surface area is 141 Å². The molecule has 5 heteroatoms. The predicted octanol–water partition coefficient (Wildman–Crippen LogP) is 3.62. The van der Waals surface area contributed by atoms with E-state index in [9.17, 15) is 4.79 Å². The van der Waals surface area contributed by atoms with Crippen LogP contribution in [0.15, 0.2) is 54.6 Å². The van der Waals surface area contributed by atoms with E-state index in [1.807, 2.05) is 47.0 Å². The number of rotatable bonds is 2. The third-order valence-electron chi connectivity index (χ3n) is 3.71. The first-order chi connectivity index (χ1) is 10.3. The second-order valence-corrected chi connectivity index (χ2v) is 6.28. The summed E-state index contributed by atoms with van der Waals surface area (Å²) < 4.78 is 0. The van der Waals surface area contributed by atoms with Crippen LogP contribution < -0.4 is 5.73 Å². The number of anilines is 1. The Morgan fingerprint density at radius 2 is 1.91 bits per heavy atom. The normalized spacial score (nSPS) is 17.6. The lowest BCUT2D eigenvalue weighted by Gasteiger charge is -2.36. The molecule has 116 valence electrons. The maximum absolute atomic E-state index is 12.8. The van der Waals surface area contributed by atoms with Gasteiger partial charge in [0.15, 0.2) is 0 Å². The van der Waals surface area contributed by atoms with Gasteiger partial charge < -0.3 is 10.6 Å². The molecule has 22 heavy (non-hydrogen) atoms. The number of halogens is 1. The van der Waals surface area contributed by atoms with Gasteiger partial charge in [-0.3, -0.25) is 4.79 Å². The lowest BCUT2D eigenvalue weighted by molar-refractivity contribution is 0.0701. The van der Waals surface area contributed by atoms with Crippen molar-refractivity contribution < 1.29 is 4.79 Å². The molecule has 0 saturated carbocycles. The first-order valence-corrected chi connectivity index (χ1v) is 8.20. The first-order valence-electron chi connectivity index (χ1n) is 7.05. The van der Waals surface area contributed by atoms with Crippen molar-refractivity contribution in [3.05, 3.63) is 65.7 Å². The van der Waals surface area contributed by atoms with Gasteiger partial charge >= 0.3 is 0 Å². The highest BCUT2D eigenvalue weighted by atomic mass is 35.5. The van der Waals surface area contributed by atoms with Crippen LogP contribution in [0.2, 0.25) is 0 Å². The Kier molecular flexibility index (Phi) is 5.75. The number of hydrogen-bond donors (Lipinski definition) is 1. The molecule has 1 aliphatic heterocycles.